The lowest BCUT2D eigenvalue weighted by molar-refractivity contribution is 0.324. The van der Waals surface area contributed by atoms with Gasteiger partial charge >= 0.3 is 0 Å². The minimum absolute atomic E-state index is 0.0845. The smallest absolute Gasteiger partial charge is 0.271 e. The van der Waals surface area contributed by atoms with E-state index in [2.05, 4.69) is 18.2 Å². The highest BCUT2D eigenvalue weighted by Gasteiger charge is 2.32. The number of benzene rings is 3. The second kappa shape index (κ2) is 10.1. The van der Waals surface area contributed by atoms with Gasteiger partial charge in [-0.1, -0.05) is 47.7 Å². The molecule has 1 aromatic heterocycles. The Morgan fingerprint density at radius 1 is 0.897 bits per heavy atom. The molecule has 0 fully saturated rings. The van der Waals surface area contributed by atoms with Gasteiger partial charge in [0.1, 0.15) is 5.75 Å². The van der Waals surface area contributed by atoms with E-state index in [1.54, 1.807) is 28.4 Å². The number of aromatic nitrogens is 1. The van der Waals surface area contributed by atoms with Gasteiger partial charge in [-0.05, 0) is 65.4 Å². The quantitative estimate of drug-likeness (QED) is 0.364. The normalized spacial score (nSPS) is 16.1. The molecular formula is C31H28N2O5S. The molecule has 7 nitrogen and oxygen atoms in total. The van der Waals surface area contributed by atoms with E-state index in [1.807, 2.05) is 53.1 Å². The Bertz CT molecular complexity index is 1760. The third-order valence-electron chi connectivity index (χ3n) is 7.29. The molecule has 4 aromatic rings. The summed E-state index contributed by atoms with van der Waals surface area (Å²) >= 11 is 1.39. The molecule has 2 heterocycles. The van der Waals surface area contributed by atoms with E-state index in [0.717, 1.165) is 46.6 Å². The molecule has 3 aromatic carbocycles. The second-order valence-corrected chi connectivity index (χ2v) is 10.4. The summed E-state index contributed by atoms with van der Waals surface area (Å²) in [7, 11) is 6.37. The number of hydrogen-bond donors (Lipinski definition) is 0. The van der Waals surface area contributed by atoms with Gasteiger partial charge in [0.15, 0.2) is 16.3 Å². The van der Waals surface area contributed by atoms with Crippen molar-refractivity contribution in [3.05, 3.63) is 108 Å². The molecule has 0 bridgehead atoms. The van der Waals surface area contributed by atoms with Crippen LogP contribution in [0, 0.1) is 0 Å². The number of hydrogen-bond acceptors (Lipinski definition) is 7. The van der Waals surface area contributed by atoms with Crippen molar-refractivity contribution in [2.75, 3.05) is 28.4 Å². The summed E-state index contributed by atoms with van der Waals surface area (Å²) in [5.74, 6) is 2.33. The number of aryl methyl sites for hydroxylation is 1. The average molecular weight is 541 g/mol. The van der Waals surface area contributed by atoms with Gasteiger partial charge in [-0.3, -0.25) is 9.36 Å². The fourth-order valence-corrected chi connectivity index (χ4v) is 6.45. The second-order valence-electron chi connectivity index (χ2n) is 9.35. The number of nitrogens with zero attached hydrogens (tertiary/aromatic N) is 2. The van der Waals surface area contributed by atoms with Crippen LogP contribution < -0.4 is 33.8 Å². The molecule has 1 aliphatic heterocycles. The van der Waals surface area contributed by atoms with Crippen LogP contribution in [0.25, 0.3) is 11.8 Å². The van der Waals surface area contributed by atoms with Crippen LogP contribution in [0.3, 0.4) is 0 Å². The van der Waals surface area contributed by atoms with Crippen LogP contribution in [0.5, 0.6) is 23.0 Å². The van der Waals surface area contributed by atoms with E-state index < -0.39 is 0 Å². The number of rotatable bonds is 6. The molecule has 0 N–H and O–H groups in total. The number of thiazole rings is 1. The molecule has 0 saturated heterocycles. The highest BCUT2D eigenvalue weighted by Crippen LogP contribution is 2.42. The number of allylic oxidation sites excluding steroid dienone is 1. The van der Waals surface area contributed by atoms with Crippen molar-refractivity contribution in [3.63, 3.8) is 0 Å². The highest BCUT2D eigenvalue weighted by atomic mass is 32.1. The summed E-state index contributed by atoms with van der Waals surface area (Å²) in [6, 6.07) is 19.8. The predicted octanol–water partition coefficient (Wildman–Crippen LogP) is 4.35. The molecule has 6 rings (SSSR count). The maximum absolute atomic E-state index is 14.0. The summed E-state index contributed by atoms with van der Waals surface area (Å²) in [5, 5.41) is 0. The van der Waals surface area contributed by atoms with Crippen molar-refractivity contribution < 1.29 is 18.9 Å². The van der Waals surface area contributed by atoms with E-state index >= 15 is 0 Å². The largest absolute Gasteiger partial charge is 0.497 e. The number of fused-ring (bicyclic) bond motifs is 3. The maximum Gasteiger partial charge on any atom is 0.271 e. The molecule has 0 radical (unpaired) electrons. The number of ether oxygens (including phenoxy) is 4. The maximum atomic E-state index is 14.0. The Hall–Kier alpha value is -4.30. The minimum atomic E-state index is -0.252. The van der Waals surface area contributed by atoms with Gasteiger partial charge in [-0.25, -0.2) is 4.99 Å². The van der Waals surface area contributed by atoms with Crippen molar-refractivity contribution in [2.24, 2.45) is 4.99 Å². The Kier molecular flexibility index (Phi) is 6.48. The van der Waals surface area contributed by atoms with Gasteiger partial charge in [-0.15, -0.1) is 0 Å². The molecule has 0 unspecified atom stereocenters. The van der Waals surface area contributed by atoms with E-state index in [4.69, 9.17) is 23.9 Å². The van der Waals surface area contributed by atoms with Crippen LogP contribution in [-0.2, 0) is 6.42 Å². The number of methoxy groups -OCH3 is 4. The Labute approximate surface area is 229 Å². The third kappa shape index (κ3) is 4.21. The molecule has 2 aliphatic rings. The third-order valence-corrected chi connectivity index (χ3v) is 8.27. The molecule has 0 amide bonds. The fourth-order valence-electron chi connectivity index (χ4n) is 5.44. The summed E-state index contributed by atoms with van der Waals surface area (Å²) in [6.45, 7) is 0. The lowest BCUT2D eigenvalue weighted by Gasteiger charge is -2.30. The van der Waals surface area contributed by atoms with Crippen molar-refractivity contribution >= 4 is 23.1 Å². The van der Waals surface area contributed by atoms with Crippen LogP contribution in [-0.4, -0.2) is 33.0 Å². The molecule has 0 spiro atoms. The molecule has 39 heavy (non-hydrogen) atoms. The van der Waals surface area contributed by atoms with Crippen LogP contribution >= 0.6 is 11.3 Å². The van der Waals surface area contributed by atoms with Crippen LogP contribution in [0.4, 0.5) is 0 Å². The summed E-state index contributed by atoms with van der Waals surface area (Å²) < 4.78 is 24.3. The monoisotopic (exact) mass is 540 g/mol. The van der Waals surface area contributed by atoms with Gasteiger partial charge in [0.05, 0.1) is 44.7 Å². The first-order chi connectivity index (χ1) is 19.1. The lowest BCUT2D eigenvalue weighted by atomic mass is 9.83. The van der Waals surface area contributed by atoms with Crippen LogP contribution in [0.1, 0.15) is 34.7 Å². The summed E-state index contributed by atoms with van der Waals surface area (Å²) in [6.07, 6.45) is 3.60. The standard InChI is InChI=1S/C31H28N2O5S/c1-35-21-12-9-20(10-13-21)28-23-14-11-19-7-5-6-8-22(19)27(23)32-31-33(28)30(34)26(39-31)17-18-15-24(36-2)29(38-4)25(16-18)37-3/h5-10,12-13,15-17,28H,11,14H2,1-4H3/t28-/m1/s1. The zero-order valence-corrected chi connectivity index (χ0v) is 23.0. The Morgan fingerprint density at radius 3 is 2.28 bits per heavy atom. The molecule has 1 aliphatic carbocycles. The summed E-state index contributed by atoms with van der Waals surface area (Å²) in [4.78, 5) is 19.8. The fraction of sp³-hybridized carbons (Fsp3) is 0.226. The topological polar surface area (TPSA) is 71.3 Å². The Morgan fingerprint density at radius 2 is 1.62 bits per heavy atom. The minimum Gasteiger partial charge on any atom is -0.497 e. The van der Waals surface area contributed by atoms with Gasteiger partial charge in [0, 0.05) is 5.56 Å². The Balaban J connectivity index is 1.58. The zero-order chi connectivity index (χ0) is 27.1. The first kappa shape index (κ1) is 25.0. The van der Waals surface area contributed by atoms with Gasteiger partial charge < -0.3 is 18.9 Å². The van der Waals surface area contributed by atoms with E-state index in [9.17, 15) is 4.79 Å². The molecule has 0 saturated carbocycles. The average Bonchev–Trinajstić information content (AvgIpc) is 3.29. The first-order valence-electron chi connectivity index (χ1n) is 12.6. The molecule has 8 heteroatoms. The molecule has 1 atom stereocenters. The van der Waals surface area contributed by atoms with Gasteiger partial charge in [0.2, 0.25) is 5.75 Å². The van der Waals surface area contributed by atoms with Crippen molar-refractivity contribution in [2.45, 2.75) is 18.9 Å². The van der Waals surface area contributed by atoms with Gasteiger partial charge in [0.25, 0.3) is 5.56 Å². The van der Waals surface area contributed by atoms with Crippen LogP contribution in [0.15, 0.2) is 76.0 Å². The molecule has 198 valence electrons. The van der Waals surface area contributed by atoms with Gasteiger partial charge in [-0.2, -0.15) is 0 Å². The zero-order valence-electron chi connectivity index (χ0n) is 22.2. The van der Waals surface area contributed by atoms with Crippen LogP contribution in [0.2, 0.25) is 0 Å². The predicted molar refractivity (Wildman–Crippen MR) is 152 cm³/mol. The SMILES string of the molecule is COc1ccc([C@@H]2C3=C(N=c4sc(=Cc5cc(OC)c(OC)c(OC)c5)c(=O)n42)c2ccccc2CC3)cc1. The van der Waals surface area contributed by atoms with Crippen molar-refractivity contribution in [1.82, 2.24) is 4.57 Å². The molecular weight excluding hydrogens is 512 g/mol. The van der Waals surface area contributed by atoms with E-state index in [1.165, 1.54) is 16.9 Å². The van der Waals surface area contributed by atoms with Crippen molar-refractivity contribution in [3.8, 4) is 23.0 Å². The highest BCUT2D eigenvalue weighted by molar-refractivity contribution is 7.07. The van der Waals surface area contributed by atoms with Crippen molar-refractivity contribution in [1.29, 1.82) is 0 Å². The first-order valence-corrected chi connectivity index (χ1v) is 13.4. The van der Waals surface area contributed by atoms with E-state index in [0.29, 0.717) is 26.6 Å². The summed E-state index contributed by atoms with van der Waals surface area (Å²) in [5.41, 5.74) is 6.26. The lowest BCUT2D eigenvalue weighted by Crippen LogP contribution is -2.38. The van der Waals surface area contributed by atoms with E-state index in [-0.39, 0.29) is 11.6 Å².